The minimum Gasteiger partial charge on any atom is -0.396 e. The lowest BCUT2D eigenvalue weighted by molar-refractivity contribution is 0.128. The number of hydrogen-bond acceptors (Lipinski definition) is 3. The summed E-state index contributed by atoms with van der Waals surface area (Å²) in [5.74, 6) is 0.426. The predicted octanol–water partition coefficient (Wildman–Crippen LogP) is 3.21. The van der Waals surface area contributed by atoms with Crippen molar-refractivity contribution in [3.63, 3.8) is 0 Å². The lowest BCUT2D eigenvalue weighted by Gasteiger charge is -2.39. The average Bonchev–Trinajstić information content (AvgIpc) is 2.47. The van der Waals surface area contributed by atoms with Crippen LogP contribution >= 0.6 is 0 Å². The number of aliphatic hydroxyl groups excluding tert-OH is 1. The molecule has 3 atom stereocenters. The van der Waals surface area contributed by atoms with Crippen molar-refractivity contribution in [2.75, 3.05) is 13.2 Å². The van der Waals surface area contributed by atoms with Gasteiger partial charge in [-0.25, -0.2) is 0 Å². The molecule has 0 spiro atoms. The van der Waals surface area contributed by atoms with E-state index in [4.69, 9.17) is 5.73 Å². The van der Waals surface area contributed by atoms with E-state index in [1.54, 1.807) is 0 Å². The minimum absolute atomic E-state index is 0.0433. The molecule has 0 aromatic heterocycles. The largest absolute Gasteiger partial charge is 0.396 e. The van der Waals surface area contributed by atoms with Gasteiger partial charge in [0.05, 0.1) is 0 Å². The molecule has 1 saturated carbocycles. The Hall–Kier alpha value is -0.120. The molecule has 0 amide bonds. The topological polar surface area (TPSA) is 58.3 Å². The minimum atomic E-state index is 0.0433. The van der Waals surface area contributed by atoms with E-state index in [0.717, 1.165) is 12.8 Å². The van der Waals surface area contributed by atoms with Crippen LogP contribution in [0, 0.1) is 5.92 Å². The molecule has 1 aliphatic carbocycles. The van der Waals surface area contributed by atoms with Crippen LogP contribution in [0.25, 0.3) is 0 Å². The van der Waals surface area contributed by atoms with Crippen molar-refractivity contribution in [3.05, 3.63) is 0 Å². The molecule has 0 aromatic carbocycles. The molecule has 4 N–H and O–H groups in total. The molecule has 0 aliphatic heterocycles. The highest BCUT2D eigenvalue weighted by Crippen LogP contribution is 2.27. The Morgan fingerprint density at radius 1 is 1.15 bits per heavy atom. The van der Waals surface area contributed by atoms with Gasteiger partial charge >= 0.3 is 0 Å². The summed E-state index contributed by atoms with van der Waals surface area (Å²) in [5, 5.41) is 13.3. The van der Waals surface area contributed by atoms with Crippen LogP contribution < -0.4 is 11.1 Å². The second kappa shape index (κ2) is 9.75. The maximum atomic E-state index is 9.53. The zero-order valence-corrected chi connectivity index (χ0v) is 13.7. The Morgan fingerprint density at radius 2 is 1.85 bits per heavy atom. The number of nitrogens with two attached hydrogens (primary N) is 1. The van der Waals surface area contributed by atoms with Crippen LogP contribution in [0.15, 0.2) is 0 Å². The first-order valence-corrected chi connectivity index (χ1v) is 8.74. The summed E-state index contributed by atoms with van der Waals surface area (Å²) in [6, 6.07) is 0.456. The van der Waals surface area contributed by atoms with Gasteiger partial charge in [-0.1, -0.05) is 51.9 Å². The van der Waals surface area contributed by atoms with Gasteiger partial charge in [0.1, 0.15) is 0 Å². The first-order chi connectivity index (χ1) is 9.65. The Bertz CT molecular complexity index is 247. The van der Waals surface area contributed by atoms with E-state index in [1.165, 1.54) is 51.4 Å². The fourth-order valence-corrected chi connectivity index (χ4v) is 3.42. The van der Waals surface area contributed by atoms with Crippen molar-refractivity contribution in [1.82, 2.24) is 5.32 Å². The first kappa shape index (κ1) is 17.9. The van der Waals surface area contributed by atoms with Crippen LogP contribution in [0.5, 0.6) is 0 Å². The number of nitrogens with one attached hydrogen (secondary N) is 1. The van der Waals surface area contributed by atoms with E-state index in [0.29, 0.717) is 25.1 Å². The summed E-state index contributed by atoms with van der Waals surface area (Å²) < 4.78 is 0. The van der Waals surface area contributed by atoms with E-state index in [1.807, 2.05) is 0 Å². The molecule has 1 aliphatic rings. The van der Waals surface area contributed by atoms with E-state index >= 15 is 0 Å². The lowest BCUT2D eigenvalue weighted by atomic mass is 9.82. The molecule has 0 bridgehead atoms. The fourth-order valence-electron chi connectivity index (χ4n) is 3.42. The van der Waals surface area contributed by atoms with Crippen LogP contribution in [0.3, 0.4) is 0 Å². The van der Waals surface area contributed by atoms with E-state index in [-0.39, 0.29) is 5.54 Å². The van der Waals surface area contributed by atoms with Crippen molar-refractivity contribution in [2.45, 2.75) is 89.6 Å². The van der Waals surface area contributed by atoms with Crippen molar-refractivity contribution in [1.29, 1.82) is 0 Å². The maximum absolute atomic E-state index is 9.53. The maximum Gasteiger partial charge on any atom is 0.0474 e. The number of hydrogen-bond donors (Lipinski definition) is 3. The molecule has 3 unspecified atom stereocenters. The van der Waals surface area contributed by atoms with Crippen molar-refractivity contribution >= 4 is 0 Å². The van der Waals surface area contributed by atoms with Crippen molar-refractivity contribution in [3.8, 4) is 0 Å². The molecule has 3 nitrogen and oxygen atoms in total. The van der Waals surface area contributed by atoms with Gasteiger partial charge in [-0.15, -0.1) is 0 Å². The molecule has 0 heterocycles. The number of unbranched alkanes of at least 4 members (excludes halogenated alkanes) is 4. The average molecular weight is 284 g/mol. The fraction of sp³-hybridized carbons (Fsp3) is 1.00. The van der Waals surface area contributed by atoms with Crippen LogP contribution in [0.1, 0.15) is 78.1 Å². The lowest BCUT2D eigenvalue weighted by Crippen LogP contribution is -2.56. The third-order valence-corrected chi connectivity index (χ3v) is 4.96. The van der Waals surface area contributed by atoms with E-state index < -0.39 is 0 Å². The SMILES string of the molecule is CCCCCCCC(C)(CN)NC1CCCCC1CO. The first-order valence-electron chi connectivity index (χ1n) is 8.74. The smallest absolute Gasteiger partial charge is 0.0474 e. The third kappa shape index (κ3) is 6.11. The standard InChI is InChI=1S/C17H36N2O/c1-3-4-5-6-9-12-17(2,14-18)19-16-11-8-7-10-15(16)13-20/h15-16,19-20H,3-14,18H2,1-2H3. The molecular weight excluding hydrogens is 248 g/mol. The van der Waals surface area contributed by atoms with Gasteiger partial charge in [-0.2, -0.15) is 0 Å². The van der Waals surface area contributed by atoms with Gasteiger partial charge in [0.2, 0.25) is 0 Å². The zero-order valence-electron chi connectivity index (χ0n) is 13.7. The second-order valence-corrected chi connectivity index (χ2v) is 6.91. The molecule has 0 aromatic rings. The summed E-state index contributed by atoms with van der Waals surface area (Å²) in [6.45, 7) is 5.52. The van der Waals surface area contributed by atoms with Gasteiger partial charge in [0.15, 0.2) is 0 Å². The highest BCUT2D eigenvalue weighted by molar-refractivity contribution is 4.91. The molecule has 1 fully saturated rings. The monoisotopic (exact) mass is 284 g/mol. The Kier molecular flexibility index (Phi) is 8.74. The van der Waals surface area contributed by atoms with Gasteiger partial charge in [0, 0.05) is 24.7 Å². The molecule has 20 heavy (non-hydrogen) atoms. The van der Waals surface area contributed by atoms with Gasteiger partial charge < -0.3 is 16.2 Å². The van der Waals surface area contributed by atoms with Crippen LogP contribution in [-0.4, -0.2) is 29.8 Å². The quantitative estimate of drug-likeness (QED) is 0.540. The summed E-state index contributed by atoms with van der Waals surface area (Å²) in [4.78, 5) is 0. The van der Waals surface area contributed by atoms with Crippen molar-refractivity contribution in [2.24, 2.45) is 11.7 Å². The second-order valence-electron chi connectivity index (χ2n) is 6.91. The molecule has 1 rings (SSSR count). The molecule has 120 valence electrons. The predicted molar refractivity (Wildman–Crippen MR) is 86.8 cm³/mol. The Labute approximate surface area is 125 Å². The summed E-state index contributed by atoms with van der Waals surface area (Å²) in [7, 11) is 0. The third-order valence-electron chi connectivity index (χ3n) is 4.96. The van der Waals surface area contributed by atoms with E-state index in [9.17, 15) is 5.11 Å². The van der Waals surface area contributed by atoms with Crippen LogP contribution in [0.2, 0.25) is 0 Å². The summed E-state index contributed by atoms with van der Waals surface area (Å²) in [6.07, 6.45) is 12.6. The molecule has 0 saturated heterocycles. The number of rotatable bonds is 10. The zero-order chi connectivity index (χ0) is 14.8. The molecule has 3 heteroatoms. The van der Waals surface area contributed by atoms with Gasteiger partial charge in [-0.05, 0) is 32.1 Å². The highest BCUT2D eigenvalue weighted by Gasteiger charge is 2.31. The van der Waals surface area contributed by atoms with E-state index in [2.05, 4.69) is 19.2 Å². The van der Waals surface area contributed by atoms with Crippen molar-refractivity contribution < 1.29 is 5.11 Å². The summed E-state index contributed by atoms with van der Waals surface area (Å²) >= 11 is 0. The highest BCUT2D eigenvalue weighted by atomic mass is 16.3. The normalized spacial score (nSPS) is 26.4. The Balaban J connectivity index is 2.38. The van der Waals surface area contributed by atoms with Crippen LogP contribution in [0.4, 0.5) is 0 Å². The summed E-state index contributed by atoms with van der Waals surface area (Å²) in [5.41, 5.74) is 6.07. The van der Waals surface area contributed by atoms with Crippen LogP contribution in [-0.2, 0) is 0 Å². The molecular formula is C17H36N2O. The van der Waals surface area contributed by atoms with Gasteiger partial charge in [-0.3, -0.25) is 0 Å². The number of aliphatic hydroxyl groups is 1. The Morgan fingerprint density at radius 3 is 2.50 bits per heavy atom. The van der Waals surface area contributed by atoms with Gasteiger partial charge in [0.25, 0.3) is 0 Å². The molecule has 0 radical (unpaired) electrons.